The summed E-state index contributed by atoms with van der Waals surface area (Å²) in [6, 6.07) is 3.08. The normalized spacial score (nSPS) is 10.4. The highest BCUT2D eigenvalue weighted by atomic mass is 35.5. The Morgan fingerprint density at radius 2 is 2.25 bits per heavy atom. The number of nitrogens with zero attached hydrogens (tertiary/aromatic N) is 2. The molecule has 0 aliphatic rings. The van der Waals surface area contributed by atoms with E-state index in [-0.39, 0.29) is 11.4 Å². The van der Waals surface area contributed by atoms with Crippen LogP contribution in [0.4, 0.5) is 0 Å². The van der Waals surface area contributed by atoms with Crippen molar-refractivity contribution in [2.45, 2.75) is 0 Å². The molecule has 0 amide bonds. The Morgan fingerprint density at radius 1 is 1.50 bits per heavy atom. The Bertz CT molecular complexity index is 571. The van der Waals surface area contributed by atoms with E-state index in [4.69, 9.17) is 11.6 Å². The molecule has 0 saturated carbocycles. The highest BCUT2D eigenvalue weighted by molar-refractivity contribution is 6.29. The van der Waals surface area contributed by atoms with E-state index in [0.29, 0.717) is 16.1 Å². The zero-order chi connectivity index (χ0) is 11.7. The van der Waals surface area contributed by atoms with E-state index in [0.717, 1.165) is 0 Å². The van der Waals surface area contributed by atoms with Crippen molar-refractivity contribution in [3.63, 3.8) is 0 Å². The van der Waals surface area contributed by atoms with Gasteiger partial charge in [0.25, 0.3) is 0 Å². The number of methoxy groups -OCH3 is 1. The van der Waals surface area contributed by atoms with Gasteiger partial charge in [0.1, 0.15) is 5.15 Å². The molecule has 6 heteroatoms. The Kier molecular flexibility index (Phi) is 2.62. The predicted molar refractivity (Wildman–Crippen MR) is 57.6 cm³/mol. The number of aromatic nitrogens is 2. The highest BCUT2D eigenvalue weighted by Crippen LogP contribution is 2.27. The molecule has 0 unspecified atom stereocenters. The summed E-state index contributed by atoms with van der Waals surface area (Å²) in [4.78, 5) is 19.0. The lowest BCUT2D eigenvalue weighted by Crippen LogP contribution is -2.04. The Hall–Kier alpha value is -1.88. The van der Waals surface area contributed by atoms with Gasteiger partial charge >= 0.3 is 5.97 Å². The fourth-order valence-electron chi connectivity index (χ4n) is 1.31. The number of esters is 1. The van der Waals surface area contributed by atoms with Gasteiger partial charge in [-0.3, -0.25) is 0 Å². The van der Waals surface area contributed by atoms with E-state index in [1.165, 1.54) is 19.4 Å². The molecule has 0 atom stereocenters. The number of carbonyl (C=O) groups is 1. The van der Waals surface area contributed by atoms with Gasteiger partial charge in [-0.2, -0.15) is 0 Å². The van der Waals surface area contributed by atoms with Crippen LogP contribution in [0.25, 0.3) is 10.9 Å². The largest absolute Gasteiger partial charge is 0.505 e. The number of rotatable bonds is 1. The topological polar surface area (TPSA) is 72.3 Å². The minimum atomic E-state index is -0.700. The zero-order valence-electron chi connectivity index (χ0n) is 8.27. The molecule has 2 heterocycles. The zero-order valence-corrected chi connectivity index (χ0v) is 9.02. The fraction of sp³-hybridized carbons (Fsp3) is 0.100. The monoisotopic (exact) mass is 238 g/mol. The SMILES string of the molecule is COC(=O)c1ncc2nc(Cl)ccc2c1O. The van der Waals surface area contributed by atoms with Crippen LogP contribution in [0.15, 0.2) is 18.3 Å². The Labute approximate surface area is 95.7 Å². The molecule has 2 aromatic heterocycles. The number of fused-ring (bicyclic) bond motifs is 1. The Balaban J connectivity index is 2.70. The van der Waals surface area contributed by atoms with Gasteiger partial charge in [0.15, 0.2) is 11.4 Å². The van der Waals surface area contributed by atoms with Crippen LogP contribution in [0.2, 0.25) is 5.15 Å². The molecule has 0 aliphatic carbocycles. The van der Waals surface area contributed by atoms with Crippen molar-refractivity contribution >= 4 is 28.5 Å². The minimum Gasteiger partial charge on any atom is -0.505 e. The maximum absolute atomic E-state index is 11.3. The van der Waals surface area contributed by atoms with Gasteiger partial charge in [0.2, 0.25) is 0 Å². The number of pyridine rings is 2. The number of aromatic hydroxyl groups is 1. The highest BCUT2D eigenvalue weighted by Gasteiger charge is 2.16. The van der Waals surface area contributed by atoms with Crippen LogP contribution in [0, 0.1) is 0 Å². The summed E-state index contributed by atoms with van der Waals surface area (Å²) in [6.07, 6.45) is 1.35. The molecule has 0 aromatic carbocycles. The molecular formula is C10H7ClN2O3. The second kappa shape index (κ2) is 3.94. The van der Waals surface area contributed by atoms with Crippen LogP contribution in [0.3, 0.4) is 0 Å². The molecule has 0 fully saturated rings. The van der Waals surface area contributed by atoms with Gasteiger partial charge < -0.3 is 9.84 Å². The molecule has 0 spiro atoms. The maximum atomic E-state index is 11.3. The molecule has 5 nitrogen and oxygen atoms in total. The van der Waals surface area contributed by atoms with Crippen molar-refractivity contribution < 1.29 is 14.6 Å². The number of carbonyl (C=O) groups excluding carboxylic acids is 1. The summed E-state index contributed by atoms with van der Waals surface area (Å²) in [6.45, 7) is 0. The molecule has 1 N–H and O–H groups in total. The van der Waals surface area contributed by atoms with E-state index in [9.17, 15) is 9.90 Å². The molecule has 2 rings (SSSR count). The van der Waals surface area contributed by atoms with Gasteiger partial charge in [0.05, 0.1) is 18.8 Å². The molecule has 0 aliphatic heterocycles. The molecule has 2 aromatic rings. The van der Waals surface area contributed by atoms with Crippen molar-refractivity contribution in [1.82, 2.24) is 9.97 Å². The van der Waals surface area contributed by atoms with Crippen molar-refractivity contribution in [2.75, 3.05) is 7.11 Å². The molecule has 16 heavy (non-hydrogen) atoms. The lowest BCUT2D eigenvalue weighted by atomic mass is 10.2. The predicted octanol–water partition coefficient (Wildman–Crippen LogP) is 1.78. The molecule has 0 saturated heterocycles. The summed E-state index contributed by atoms with van der Waals surface area (Å²) >= 11 is 5.69. The first-order valence-corrected chi connectivity index (χ1v) is 4.74. The van der Waals surface area contributed by atoms with Gasteiger partial charge in [-0.05, 0) is 12.1 Å². The van der Waals surface area contributed by atoms with E-state index in [2.05, 4.69) is 14.7 Å². The molecular weight excluding hydrogens is 232 g/mol. The summed E-state index contributed by atoms with van der Waals surface area (Å²) in [5, 5.41) is 10.5. The van der Waals surface area contributed by atoms with Crippen LogP contribution in [-0.4, -0.2) is 28.2 Å². The summed E-state index contributed by atoms with van der Waals surface area (Å²) in [5.41, 5.74) is 0.275. The number of hydrogen-bond acceptors (Lipinski definition) is 5. The van der Waals surface area contributed by atoms with E-state index < -0.39 is 5.97 Å². The number of ether oxygens (including phenoxy) is 1. The van der Waals surface area contributed by atoms with E-state index in [1.54, 1.807) is 6.07 Å². The van der Waals surface area contributed by atoms with Crippen LogP contribution in [0.5, 0.6) is 5.75 Å². The first kappa shape index (κ1) is 10.6. The van der Waals surface area contributed by atoms with Crippen LogP contribution in [0.1, 0.15) is 10.5 Å². The third kappa shape index (κ3) is 1.65. The minimum absolute atomic E-state index is 0.140. The smallest absolute Gasteiger partial charge is 0.360 e. The lowest BCUT2D eigenvalue weighted by molar-refractivity contribution is 0.0591. The summed E-state index contributed by atoms with van der Waals surface area (Å²) in [5.74, 6) is -0.956. The fourth-order valence-corrected chi connectivity index (χ4v) is 1.46. The van der Waals surface area contributed by atoms with Crippen LogP contribution >= 0.6 is 11.6 Å². The van der Waals surface area contributed by atoms with Crippen molar-refractivity contribution in [2.24, 2.45) is 0 Å². The van der Waals surface area contributed by atoms with Crippen molar-refractivity contribution in [3.8, 4) is 5.75 Å². The third-order valence-electron chi connectivity index (χ3n) is 2.06. The maximum Gasteiger partial charge on any atom is 0.360 e. The number of hydrogen-bond donors (Lipinski definition) is 1. The third-order valence-corrected chi connectivity index (χ3v) is 2.28. The average Bonchev–Trinajstić information content (AvgIpc) is 2.28. The van der Waals surface area contributed by atoms with Crippen molar-refractivity contribution in [3.05, 3.63) is 29.2 Å². The Morgan fingerprint density at radius 3 is 2.94 bits per heavy atom. The first-order valence-electron chi connectivity index (χ1n) is 4.36. The first-order chi connectivity index (χ1) is 7.63. The van der Waals surface area contributed by atoms with Gasteiger partial charge in [-0.25, -0.2) is 14.8 Å². The average molecular weight is 239 g/mol. The van der Waals surface area contributed by atoms with Crippen molar-refractivity contribution in [1.29, 1.82) is 0 Å². The van der Waals surface area contributed by atoms with Crippen LogP contribution < -0.4 is 0 Å². The summed E-state index contributed by atoms with van der Waals surface area (Å²) in [7, 11) is 1.22. The molecule has 82 valence electrons. The second-order valence-corrected chi connectivity index (χ2v) is 3.40. The van der Waals surface area contributed by atoms with Crippen LogP contribution in [-0.2, 0) is 4.74 Å². The standard InChI is InChI=1S/C10H7ClN2O3/c1-16-10(15)8-9(14)5-2-3-7(11)13-6(5)4-12-8/h2-4,14H,1H3. The van der Waals surface area contributed by atoms with E-state index >= 15 is 0 Å². The summed E-state index contributed by atoms with van der Waals surface area (Å²) < 4.78 is 4.48. The lowest BCUT2D eigenvalue weighted by Gasteiger charge is -2.04. The van der Waals surface area contributed by atoms with E-state index in [1.807, 2.05) is 0 Å². The molecule has 0 radical (unpaired) electrons. The van der Waals surface area contributed by atoms with Gasteiger partial charge in [-0.15, -0.1) is 0 Å². The molecule has 0 bridgehead atoms. The van der Waals surface area contributed by atoms with Gasteiger partial charge in [0, 0.05) is 5.39 Å². The van der Waals surface area contributed by atoms with Gasteiger partial charge in [-0.1, -0.05) is 11.6 Å². The second-order valence-electron chi connectivity index (χ2n) is 3.01. The quantitative estimate of drug-likeness (QED) is 0.606. The number of halogens is 1.